The van der Waals surface area contributed by atoms with Crippen molar-refractivity contribution >= 4 is 9.84 Å². The Kier molecular flexibility index (Phi) is 4.89. The van der Waals surface area contributed by atoms with Crippen LogP contribution in [0.3, 0.4) is 0 Å². The summed E-state index contributed by atoms with van der Waals surface area (Å²) in [6.07, 6.45) is 0.224. The van der Waals surface area contributed by atoms with Crippen LogP contribution in [0.5, 0.6) is 0 Å². The molecule has 5 rings (SSSR count). The fourth-order valence-corrected chi connectivity index (χ4v) is 7.73. The topological polar surface area (TPSA) is 91.8 Å². The van der Waals surface area contributed by atoms with E-state index >= 15 is 0 Å². The molecule has 0 bridgehead atoms. The molecule has 7 nitrogen and oxygen atoms in total. The van der Waals surface area contributed by atoms with E-state index < -0.39 is 21.7 Å². The first-order chi connectivity index (χ1) is 14.6. The summed E-state index contributed by atoms with van der Waals surface area (Å²) in [5.41, 5.74) is -0.853. The van der Waals surface area contributed by atoms with Crippen LogP contribution in [0, 0.1) is 5.41 Å². The Morgan fingerprint density at radius 3 is 2.52 bits per heavy atom. The number of sulfone groups is 1. The summed E-state index contributed by atoms with van der Waals surface area (Å²) in [7, 11) is -2.81. The van der Waals surface area contributed by atoms with Gasteiger partial charge in [-0.05, 0) is 57.3 Å². The van der Waals surface area contributed by atoms with Crippen LogP contribution in [-0.4, -0.2) is 64.1 Å². The molecule has 2 aliphatic heterocycles. The molecule has 168 valence electrons. The van der Waals surface area contributed by atoms with Gasteiger partial charge < -0.3 is 4.90 Å². The van der Waals surface area contributed by atoms with Gasteiger partial charge in [-0.2, -0.15) is 18.3 Å². The van der Waals surface area contributed by atoms with E-state index in [0.717, 1.165) is 51.3 Å². The third kappa shape index (κ3) is 4.09. The van der Waals surface area contributed by atoms with Crippen molar-refractivity contribution in [3.63, 3.8) is 0 Å². The van der Waals surface area contributed by atoms with E-state index in [9.17, 15) is 21.6 Å². The van der Waals surface area contributed by atoms with E-state index in [4.69, 9.17) is 0 Å². The molecule has 4 heterocycles. The highest BCUT2D eigenvalue weighted by atomic mass is 32.2. The molecule has 0 radical (unpaired) electrons. The first-order valence-electron chi connectivity index (χ1n) is 10.5. The third-order valence-corrected chi connectivity index (χ3v) is 9.09. The Balaban J connectivity index is 1.21. The van der Waals surface area contributed by atoms with Crippen LogP contribution in [0.25, 0.3) is 11.5 Å². The zero-order chi connectivity index (χ0) is 21.9. The quantitative estimate of drug-likeness (QED) is 0.765. The summed E-state index contributed by atoms with van der Waals surface area (Å²) in [6.45, 7) is 1.84. The van der Waals surface area contributed by atoms with Gasteiger partial charge in [-0.3, -0.25) is 5.10 Å². The van der Waals surface area contributed by atoms with Gasteiger partial charge in [0.15, 0.2) is 15.7 Å². The van der Waals surface area contributed by atoms with Crippen molar-refractivity contribution in [2.45, 2.75) is 50.2 Å². The second-order valence-electron chi connectivity index (χ2n) is 9.18. The number of aromatic nitrogens is 4. The normalized spacial score (nSPS) is 28.0. The zero-order valence-electron chi connectivity index (χ0n) is 16.9. The highest BCUT2D eigenvalue weighted by molar-refractivity contribution is 7.92. The highest BCUT2D eigenvalue weighted by Crippen LogP contribution is 2.44. The van der Waals surface area contributed by atoms with E-state index in [2.05, 4.69) is 25.1 Å². The molecule has 1 aliphatic carbocycles. The van der Waals surface area contributed by atoms with Gasteiger partial charge >= 0.3 is 6.18 Å². The largest absolute Gasteiger partial charge is 0.433 e. The monoisotopic (exact) mass is 455 g/mol. The van der Waals surface area contributed by atoms with E-state index in [0.29, 0.717) is 23.4 Å². The lowest BCUT2D eigenvalue weighted by atomic mass is 9.80. The van der Waals surface area contributed by atoms with Gasteiger partial charge in [0.25, 0.3) is 0 Å². The minimum Gasteiger partial charge on any atom is -0.300 e. The Labute approximate surface area is 178 Å². The van der Waals surface area contributed by atoms with Crippen molar-refractivity contribution in [1.29, 1.82) is 0 Å². The first kappa shape index (κ1) is 20.9. The number of aromatic amines is 1. The maximum absolute atomic E-state index is 12.9. The summed E-state index contributed by atoms with van der Waals surface area (Å²) in [5, 5.41) is 7.01. The van der Waals surface area contributed by atoms with Crippen LogP contribution in [0.15, 0.2) is 18.2 Å². The zero-order valence-corrected chi connectivity index (χ0v) is 17.7. The number of hydrogen-bond acceptors (Lipinski definition) is 6. The number of piperidine rings is 1. The predicted molar refractivity (Wildman–Crippen MR) is 107 cm³/mol. The Hall–Kier alpha value is -2.01. The highest BCUT2D eigenvalue weighted by Gasteiger charge is 2.50. The number of rotatable bonds is 3. The Bertz CT molecular complexity index is 1060. The van der Waals surface area contributed by atoms with Crippen LogP contribution in [0.4, 0.5) is 13.2 Å². The molecule has 0 amide bonds. The molecule has 31 heavy (non-hydrogen) atoms. The smallest absolute Gasteiger partial charge is 0.300 e. The standard InChI is InChI=1S/C20H24F3N5O2S/c21-20(22,23)16-3-1-2-15(24-16)18-25-17(26-27-18)13-4-5-14(10-13)28-8-6-19(7-9-28)11-31(29,30)12-19/h1-3,13-14H,4-12H2,(H,25,26,27)/t13-,14+/m1/s1. The molecule has 2 saturated heterocycles. The number of pyridine rings is 1. The molecule has 0 unspecified atom stereocenters. The van der Waals surface area contributed by atoms with Crippen molar-refractivity contribution in [2.75, 3.05) is 24.6 Å². The molecule has 1 saturated carbocycles. The van der Waals surface area contributed by atoms with Crippen molar-refractivity contribution < 1.29 is 21.6 Å². The van der Waals surface area contributed by atoms with Crippen LogP contribution in [0.2, 0.25) is 0 Å². The number of alkyl halides is 3. The first-order valence-corrected chi connectivity index (χ1v) is 12.4. The molecule has 1 spiro atoms. The molecule has 11 heteroatoms. The average molecular weight is 456 g/mol. The van der Waals surface area contributed by atoms with Gasteiger partial charge in [-0.1, -0.05) is 6.07 Å². The minimum absolute atomic E-state index is 0.00508. The van der Waals surface area contributed by atoms with E-state index in [-0.39, 0.29) is 22.9 Å². The van der Waals surface area contributed by atoms with Crippen molar-refractivity contribution in [3.8, 4) is 11.5 Å². The minimum atomic E-state index is -4.51. The SMILES string of the molecule is O=S1(=O)CC2(CCN([C@H]3CC[C@@H](c4nc(-c5cccc(C(F)(F)F)n5)n[nH]4)C3)CC2)C1. The fraction of sp³-hybridized carbons (Fsp3) is 0.650. The van der Waals surface area contributed by atoms with Gasteiger partial charge in [0, 0.05) is 17.4 Å². The molecule has 3 fully saturated rings. The van der Waals surface area contributed by atoms with E-state index in [1.165, 1.54) is 12.1 Å². The fourth-order valence-electron chi connectivity index (χ4n) is 5.37. The maximum atomic E-state index is 12.9. The second-order valence-corrected chi connectivity index (χ2v) is 11.2. The number of hydrogen-bond donors (Lipinski definition) is 1. The summed E-state index contributed by atoms with van der Waals surface area (Å²) < 4.78 is 61.9. The lowest BCUT2D eigenvalue weighted by Gasteiger charge is -2.48. The average Bonchev–Trinajstić information content (AvgIpc) is 3.36. The number of nitrogens with one attached hydrogen (secondary N) is 1. The van der Waals surface area contributed by atoms with E-state index in [1.54, 1.807) is 0 Å². The number of H-pyrrole nitrogens is 1. The number of likely N-dealkylation sites (tertiary alicyclic amines) is 1. The van der Waals surface area contributed by atoms with Crippen molar-refractivity contribution in [2.24, 2.45) is 5.41 Å². The summed E-state index contributed by atoms with van der Waals surface area (Å²) >= 11 is 0. The summed E-state index contributed by atoms with van der Waals surface area (Å²) in [5.74, 6) is 1.72. The number of halogens is 3. The van der Waals surface area contributed by atoms with Crippen LogP contribution in [0.1, 0.15) is 49.5 Å². The van der Waals surface area contributed by atoms with Crippen LogP contribution in [-0.2, 0) is 16.0 Å². The molecule has 1 N–H and O–H groups in total. The van der Waals surface area contributed by atoms with E-state index in [1.807, 2.05) is 0 Å². The molecular formula is C20H24F3N5O2S. The Morgan fingerprint density at radius 2 is 1.84 bits per heavy atom. The molecule has 3 aliphatic rings. The summed E-state index contributed by atoms with van der Waals surface area (Å²) in [4.78, 5) is 10.6. The second kappa shape index (κ2) is 7.26. The van der Waals surface area contributed by atoms with Gasteiger partial charge in [0.2, 0.25) is 0 Å². The third-order valence-electron chi connectivity index (χ3n) is 6.99. The molecule has 2 atom stereocenters. The van der Waals surface area contributed by atoms with Crippen LogP contribution >= 0.6 is 0 Å². The predicted octanol–water partition coefficient (Wildman–Crippen LogP) is 3.03. The molecular weight excluding hydrogens is 431 g/mol. The lowest BCUT2D eigenvalue weighted by molar-refractivity contribution is -0.141. The molecule has 2 aromatic heterocycles. The van der Waals surface area contributed by atoms with Crippen LogP contribution < -0.4 is 0 Å². The van der Waals surface area contributed by atoms with Gasteiger partial charge in [-0.25, -0.2) is 18.4 Å². The summed E-state index contributed by atoms with van der Waals surface area (Å²) in [6, 6.07) is 4.13. The van der Waals surface area contributed by atoms with Crippen molar-refractivity contribution in [1.82, 2.24) is 25.1 Å². The van der Waals surface area contributed by atoms with Crippen molar-refractivity contribution in [3.05, 3.63) is 29.7 Å². The Morgan fingerprint density at radius 1 is 1.10 bits per heavy atom. The van der Waals surface area contributed by atoms with Gasteiger partial charge in [0.1, 0.15) is 17.2 Å². The molecule has 2 aromatic rings. The molecule has 0 aromatic carbocycles. The maximum Gasteiger partial charge on any atom is 0.433 e. The van der Waals surface area contributed by atoms with Gasteiger partial charge in [0.05, 0.1) is 11.5 Å². The number of nitrogens with zero attached hydrogens (tertiary/aromatic N) is 4. The lowest BCUT2D eigenvalue weighted by Crippen LogP contribution is -2.55. The van der Waals surface area contributed by atoms with Gasteiger partial charge in [-0.15, -0.1) is 0 Å².